The predicted octanol–water partition coefficient (Wildman–Crippen LogP) is 1.72. The molecule has 1 N–H and O–H groups in total. The number of esters is 1. The van der Waals surface area contributed by atoms with Crippen molar-refractivity contribution in [2.75, 3.05) is 13.2 Å². The second-order valence-electron chi connectivity index (χ2n) is 3.89. The quantitative estimate of drug-likeness (QED) is 0.580. The van der Waals surface area contributed by atoms with Gasteiger partial charge in [-0.25, -0.2) is 0 Å². The van der Waals surface area contributed by atoms with Crippen molar-refractivity contribution in [3.05, 3.63) is 17.0 Å². The summed E-state index contributed by atoms with van der Waals surface area (Å²) in [6.07, 6.45) is 1.24. The molecule has 1 aromatic heterocycles. The number of carbonyl (C=O) groups is 1. The fourth-order valence-corrected chi connectivity index (χ4v) is 1.56. The molecule has 0 fully saturated rings. The van der Waals surface area contributed by atoms with Crippen LogP contribution in [0.3, 0.4) is 0 Å². The Hall–Kier alpha value is -1.36. The lowest BCUT2D eigenvalue weighted by molar-refractivity contribution is -0.143. The standard InChI is InChI=1S/C12H20N2O3/c1-4-16-12(15)6-5-7-13-8-11-9(2)14-17-10(11)3/h13H,4-8H2,1-3H3. The van der Waals surface area contributed by atoms with Gasteiger partial charge in [-0.15, -0.1) is 0 Å². The fraction of sp³-hybridized carbons (Fsp3) is 0.667. The largest absolute Gasteiger partial charge is 0.466 e. The molecule has 0 spiro atoms. The van der Waals surface area contributed by atoms with Crippen LogP contribution in [-0.4, -0.2) is 24.3 Å². The molecule has 0 unspecified atom stereocenters. The van der Waals surface area contributed by atoms with Crippen LogP contribution in [0.5, 0.6) is 0 Å². The molecule has 0 radical (unpaired) electrons. The normalized spacial score (nSPS) is 10.5. The van der Waals surface area contributed by atoms with E-state index in [-0.39, 0.29) is 5.97 Å². The Morgan fingerprint density at radius 3 is 2.82 bits per heavy atom. The van der Waals surface area contributed by atoms with Crippen molar-refractivity contribution in [3.8, 4) is 0 Å². The van der Waals surface area contributed by atoms with Crippen molar-refractivity contribution in [1.82, 2.24) is 10.5 Å². The summed E-state index contributed by atoms with van der Waals surface area (Å²) in [6, 6.07) is 0. The molecular formula is C12H20N2O3. The lowest BCUT2D eigenvalue weighted by Gasteiger charge is -2.04. The molecule has 17 heavy (non-hydrogen) atoms. The van der Waals surface area contributed by atoms with Gasteiger partial charge in [0.1, 0.15) is 5.76 Å². The van der Waals surface area contributed by atoms with Crippen molar-refractivity contribution in [3.63, 3.8) is 0 Å². The molecule has 1 aromatic rings. The van der Waals surface area contributed by atoms with E-state index in [4.69, 9.17) is 9.26 Å². The number of carbonyl (C=O) groups excluding carboxylic acids is 1. The van der Waals surface area contributed by atoms with Gasteiger partial charge in [0.25, 0.3) is 0 Å². The average molecular weight is 240 g/mol. The highest BCUT2D eigenvalue weighted by Gasteiger charge is 2.07. The molecule has 5 nitrogen and oxygen atoms in total. The number of rotatable bonds is 7. The summed E-state index contributed by atoms with van der Waals surface area (Å²) in [4.78, 5) is 11.1. The van der Waals surface area contributed by atoms with Crippen LogP contribution >= 0.6 is 0 Å². The first kappa shape index (κ1) is 13.7. The number of hydrogen-bond donors (Lipinski definition) is 1. The van der Waals surface area contributed by atoms with E-state index in [2.05, 4.69) is 10.5 Å². The number of aromatic nitrogens is 1. The number of hydrogen-bond acceptors (Lipinski definition) is 5. The number of nitrogens with one attached hydrogen (secondary N) is 1. The number of ether oxygens (including phenoxy) is 1. The van der Waals surface area contributed by atoms with Crippen LogP contribution < -0.4 is 5.32 Å². The molecule has 0 amide bonds. The Bertz CT molecular complexity index is 341. The zero-order valence-electron chi connectivity index (χ0n) is 10.7. The molecular weight excluding hydrogens is 220 g/mol. The molecule has 0 aliphatic carbocycles. The van der Waals surface area contributed by atoms with Gasteiger partial charge >= 0.3 is 5.97 Å². The maximum absolute atomic E-state index is 11.1. The molecule has 0 atom stereocenters. The molecule has 1 rings (SSSR count). The van der Waals surface area contributed by atoms with Crippen molar-refractivity contribution in [2.24, 2.45) is 0 Å². The summed E-state index contributed by atoms with van der Waals surface area (Å²) in [5.74, 6) is 0.715. The highest BCUT2D eigenvalue weighted by atomic mass is 16.5. The van der Waals surface area contributed by atoms with Gasteiger partial charge in [0.2, 0.25) is 0 Å². The number of aryl methyl sites for hydroxylation is 2. The van der Waals surface area contributed by atoms with Crippen LogP contribution in [0, 0.1) is 13.8 Å². The summed E-state index contributed by atoms with van der Waals surface area (Å²) in [5.41, 5.74) is 2.02. The van der Waals surface area contributed by atoms with E-state index in [1.54, 1.807) is 0 Å². The average Bonchev–Trinajstić information content (AvgIpc) is 2.60. The van der Waals surface area contributed by atoms with Gasteiger partial charge in [-0.1, -0.05) is 5.16 Å². The maximum Gasteiger partial charge on any atom is 0.305 e. The molecule has 0 saturated heterocycles. The first-order valence-electron chi connectivity index (χ1n) is 5.93. The van der Waals surface area contributed by atoms with E-state index in [9.17, 15) is 4.79 Å². The minimum Gasteiger partial charge on any atom is -0.466 e. The monoisotopic (exact) mass is 240 g/mol. The second kappa shape index (κ2) is 7.06. The van der Waals surface area contributed by atoms with Gasteiger partial charge in [0.05, 0.1) is 12.3 Å². The molecule has 96 valence electrons. The SMILES string of the molecule is CCOC(=O)CCCNCc1c(C)noc1C. The lowest BCUT2D eigenvalue weighted by Crippen LogP contribution is -2.17. The van der Waals surface area contributed by atoms with E-state index in [0.717, 1.165) is 36.5 Å². The third-order valence-electron chi connectivity index (χ3n) is 2.52. The zero-order chi connectivity index (χ0) is 12.7. The van der Waals surface area contributed by atoms with Gasteiger partial charge in [-0.05, 0) is 33.7 Å². The van der Waals surface area contributed by atoms with Crippen LogP contribution in [-0.2, 0) is 16.1 Å². The van der Waals surface area contributed by atoms with Crippen molar-refractivity contribution >= 4 is 5.97 Å². The summed E-state index contributed by atoms with van der Waals surface area (Å²) < 4.78 is 9.90. The van der Waals surface area contributed by atoms with Gasteiger partial charge in [-0.3, -0.25) is 4.79 Å². The van der Waals surface area contributed by atoms with E-state index in [1.165, 1.54) is 0 Å². The van der Waals surface area contributed by atoms with Crippen molar-refractivity contribution in [2.45, 2.75) is 40.2 Å². The first-order chi connectivity index (χ1) is 8.15. The summed E-state index contributed by atoms with van der Waals surface area (Å²) in [7, 11) is 0. The molecule has 0 bridgehead atoms. The molecule has 5 heteroatoms. The van der Waals surface area contributed by atoms with Gasteiger partial charge in [-0.2, -0.15) is 0 Å². The van der Waals surface area contributed by atoms with Crippen molar-refractivity contribution < 1.29 is 14.1 Å². The molecule has 0 aliphatic rings. The van der Waals surface area contributed by atoms with Gasteiger partial charge in [0, 0.05) is 18.5 Å². The summed E-state index contributed by atoms with van der Waals surface area (Å²) in [5, 5.41) is 7.14. The molecule has 0 saturated carbocycles. The number of nitrogens with zero attached hydrogens (tertiary/aromatic N) is 1. The summed E-state index contributed by atoms with van der Waals surface area (Å²) in [6.45, 7) is 7.59. The van der Waals surface area contributed by atoms with E-state index >= 15 is 0 Å². The third kappa shape index (κ3) is 4.56. The summed E-state index contributed by atoms with van der Waals surface area (Å²) >= 11 is 0. The van der Waals surface area contributed by atoms with Crippen LogP contribution in [0.2, 0.25) is 0 Å². The molecule has 1 heterocycles. The highest BCUT2D eigenvalue weighted by Crippen LogP contribution is 2.11. The van der Waals surface area contributed by atoms with Crippen molar-refractivity contribution in [1.29, 1.82) is 0 Å². The Morgan fingerprint density at radius 1 is 1.47 bits per heavy atom. The molecule has 0 aliphatic heterocycles. The van der Waals surface area contributed by atoms with Gasteiger partial charge < -0.3 is 14.6 Å². The highest BCUT2D eigenvalue weighted by molar-refractivity contribution is 5.69. The third-order valence-corrected chi connectivity index (χ3v) is 2.52. The first-order valence-corrected chi connectivity index (χ1v) is 5.93. The Morgan fingerprint density at radius 2 is 2.24 bits per heavy atom. The van der Waals surface area contributed by atoms with Crippen LogP contribution in [0.1, 0.15) is 36.8 Å². The fourth-order valence-electron chi connectivity index (χ4n) is 1.56. The predicted molar refractivity (Wildman–Crippen MR) is 63.6 cm³/mol. The Labute approximate surface area is 102 Å². The Kier molecular flexibility index (Phi) is 5.69. The van der Waals surface area contributed by atoms with Gasteiger partial charge in [0.15, 0.2) is 0 Å². The lowest BCUT2D eigenvalue weighted by atomic mass is 10.2. The van der Waals surface area contributed by atoms with Crippen LogP contribution in [0.15, 0.2) is 4.52 Å². The topological polar surface area (TPSA) is 64.4 Å². The molecule has 0 aromatic carbocycles. The van der Waals surface area contributed by atoms with E-state index in [0.29, 0.717) is 13.0 Å². The minimum atomic E-state index is -0.133. The smallest absolute Gasteiger partial charge is 0.305 e. The zero-order valence-corrected chi connectivity index (χ0v) is 10.7. The van der Waals surface area contributed by atoms with E-state index in [1.807, 2.05) is 20.8 Å². The Balaban J connectivity index is 2.15. The van der Waals surface area contributed by atoms with E-state index < -0.39 is 0 Å². The maximum atomic E-state index is 11.1. The second-order valence-corrected chi connectivity index (χ2v) is 3.89. The van der Waals surface area contributed by atoms with Crippen LogP contribution in [0.25, 0.3) is 0 Å². The van der Waals surface area contributed by atoms with Crippen LogP contribution in [0.4, 0.5) is 0 Å². The minimum absolute atomic E-state index is 0.133.